The van der Waals surface area contributed by atoms with Gasteiger partial charge < -0.3 is 23.8 Å². The van der Waals surface area contributed by atoms with E-state index in [0.717, 1.165) is 0 Å². The maximum atomic E-state index is 11.8. The zero-order valence-corrected chi connectivity index (χ0v) is 14.8. The van der Waals surface area contributed by atoms with E-state index in [1.807, 2.05) is 0 Å². The number of amides is 1. The minimum Gasteiger partial charge on any atom is -0.492 e. The highest BCUT2D eigenvalue weighted by Gasteiger charge is 2.42. The number of fused-ring (bicyclic) bond motifs is 1. The molecule has 0 saturated heterocycles. The van der Waals surface area contributed by atoms with Gasteiger partial charge in [0.25, 0.3) is 5.91 Å². The van der Waals surface area contributed by atoms with Gasteiger partial charge in [-0.15, -0.1) is 0 Å². The molecule has 2 aliphatic rings. The number of carbonyl (C=O) groups excluding carboxylic acids is 1. The molecule has 0 fully saturated rings. The molecule has 9 nitrogen and oxygen atoms in total. The van der Waals surface area contributed by atoms with E-state index in [9.17, 15) is 4.79 Å². The number of carbonyl (C=O) groups is 1. The van der Waals surface area contributed by atoms with E-state index in [1.165, 1.54) is 14.2 Å². The normalized spacial score (nSPS) is 21.1. The number of nitrogens with one attached hydrogen (secondary N) is 1. The number of nitrogens with zero attached hydrogens (tertiary/aromatic N) is 1. The highest BCUT2D eigenvalue weighted by molar-refractivity contribution is 9.10. The van der Waals surface area contributed by atoms with Crippen LogP contribution in [0.4, 0.5) is 0 Å². The number of oxime groups is 1. The van der Waals surface area contributed by atoms with Gasteiger partial charge in [-0.2, -0.15) is 0 Å². The van der Waals surface area contributed by atoms with Gasteiger partial charge in [-0.1, -0.05) is 12.1 Å². The third-order valence-corrected chi connectivity index (χ3v) is 4.70. The number of hydrogen-bond donors (Lipinski definition) is 2. The summed E-state index contributed by atoms with van der Waals surface area (Å²) in [6.45, 7) is 1.87. The molecule has 10 heteroatoms. The van der Waals surface area contributed by atoms with Crippen molar-refractivity contribution in [1.29, 1.82) is 0 Å². The van der Waals surface area contributed by atoms with Gasteiger partial charge in [-0.25, -0.2) is 5.84 Å². The number of halogens is 1. The van der Waals surface area contributed by atoms with E-state index in [2.05, 4.69) is 26.5 Å². The van der Waals surface area contributed by atoms with Crippen LogP contribution in [0.15, 0.2) is 9.63 Å². The summed E-state index contributed by atoms with van der Waals surface area (Å²) in [6.07, 6.45) is -0.593. The summed E-state index contributed by atoms with van der Waals surface area (Å²) < 4.78 is 22.5. The van der Waals surface area contributed by atoms with E-state index in [0.29, 0.717) is 33.0 Å². The van der Waals surface area contributed by atoms with Crippen molar-refractivity contribution in [3.8, 4) is 23.0 Å². The smallest absolute Gasteiger partial charge is 0.283 e. The first-order valence-electron chi connectivity index (χ1n) is 7.02. The second-order valence-electron chi connectivity index (χ2n) is 5.12. The number of rotatable bonds is 4. The topological polar surface area (TPSA) is 114 Å². The molecule has 1 aromatic carbocycles. The molecular formula is C14H16BrN3O6. The Kier molecular flexibility index (Phi) is 4.41. The van der Waals surface area contributed by atoms with E-state index in [4.69, 9.17) is 29.6 Å². The molecule has 0 radical (unpaired) electrons. The molecule has 0 unspecified atom stereocenters. The lowest BCUT2D eigenvalue weighted by atomic mass is 9.92. The molecule has 3 N–H and O–H groups in total. The van der Waals surface area contributed by atoms with Crippen molar-refractivity contribution in [3.05, 3.63) is 10.0 Å². The fraction of sp³-hybridized carbons (Fsp3) is 0.429. The quantitative estimate of drug-likeness (QED) is 0.443. The van der Waals surface area contributed by atoms with Crippen molar-refractivity contribution < 1.29 is 28.6 Å². The number of ether oxygens (including phenoxy) is 4. The molecule has 0 bridgehead atoms. The lowest BCUT2D eigenvalue weighted by molar-refractivity contribution is -0.115. The van der Waals surface area contributed by atoms with Crippen molar-refractivity contribution in [2.75, 3.05) is 21.0 Å². The van der Waals surface area contributed by atoms with E-state index >= 15 is 0 Å². The highest BCUT2D eigenvalue weighted by atomic mass is 79.9. The number of hydrazine groups is 1. The van der Waals surface area contributed by atoms with Crippen LogP contribution in [0.5, 0.6) is 23.0 Å². The molecule has 0 aliphatic carbocycles. The molecule has 24 heavy (non-hydrogen) atoms. The van der Waals surface area contributed by atoms with Gasteiger partial charge in [0, 0.05) is 0 Å². The lowest BCUT2D eigenvalue weighted by Crippen LogP contribution is -2.38. The summed E-state index contributed by atoms with van der Waals surface area (Å²) in [7, 11) is 3.00. The van der Waals surface area contributed by atoms with Crippen LogP contribution in [0.25, 0.3) is 0 Å². The molecule has 0 aromatic heterocycles. The van der Waals surface area contributed by atoms with Crippen LogP contribution in [0.1, 0.15) is 18.6 Å². The molecule has 3 rings (SSSR count). The molecular weight excluding hydrogens is 386 g/mol. The lowest BCUT2D eigenvalue weighted by Gasteiger charge is -2.22. The Labute approximate surface area is 146 Å². The zero-order valence-electron chi connectivity index (χ0n) is 13.2. The van der Waals surface area contributed by atoms with Crippen molar-refractivity contribution in [2.24, 2.45) is 16.9 Å². The van der Waals surface area contributed by atoms with Crippen molar-refractivity contribution >= 4 is 27.5 Å². The van der Waals surface area contributed by atoms with Gasteiger partial charge in [0.05, 0.1) is 30.2 Å². The second kappa shape index (κ2) is 6.36. The Hall–Kier alpha value is -2.20. The SMILES string of the molecule is COc1c2c(c(Br)c([C@H]3ON=C(C(=O)NN)[C@@H]3C)c1OC)OCO2. The molecule has 1 aromatic rings. The average Bonchev–Trinajstić information content (AvgIpc) is 3.21. The Bertz CT molecular complexity index is 723. The monoisotopic (exact) mass is 401 g/mol. The predicted molar refractivity (Wildman–Crippen MR) is 86.1 cm³/mol. The van der Waals surface area contributed by atoms with Gasteiger partial charge >= 0.3 is 0 Å². The molecule has 1 amide bonds. The fourth-order valence-corrected chi connectivity index (χ4v) is 3.46. The Morgan fingerprint density at radius 3 is 2.58 bits per heavy atom. The van der Waals surface area contributed by atoms with E-state index in [1.54, 1.807) is 6.92 Å². The van der Waals surface area contributed by atoms with Crippen LogP contribution in [-0.4, -0.2) is 32.6 Å². The number of nitrogens with two attached hydrogens (primary N) is 1. The minimum atomic E-state index is -0.593. The van der Waals surface area contributed by atoms with Crippen LogP contribution in [-0.2, 0) is 9.63 Å². The summed E-state index contributed by atoms with van der Waals surface area (Å²) in [6, 6.07) is 0. The average molecular weight is 402 g/mol. The maximum absolute atomic E-state index is 11.8. The summed E-state index contributed by atoms with van der Waals surface area (Å²) in [4.78, 5) is 17.3. The third kappa shape index (κ3) is 2.33. The van der Waals surface area contributed by atoms with Crippen molar-refractivity contribution in [1.82, 2.24) is 5.43 Å². The van der Waals surface area contributed by atoms with Gasteiger partial charge in [0.1, 0.15) is 0 Å². The third-order valence-electron chi connectivity index (χ3n) is 3.91. The molecule has 130 valence electrons. The number of hydrogen-bond acceptors (Lipinski definition) is 8. The molecule has 2 atom stereocenters. The van der Waals surface area contributed by atoms with Crippen LogP contribution in [0.3, 0.4) is 0 Å². The van der Waals surface area contributed by atoms with Crippen LogP contribution in [0.2, 0.25) is 0 Å². The maximum Gasteiger partial charge on any atom is 0.283 e. The van der Waals surface area contributed by atoms with Crippen LogP contribution >= 0.6 is 15.9 Å². The molecule has 2 aliphatic heterocycles. The van der Waals surface area contributed by atoms with Gasteiger partial charge in [0.2, 0.25) is 18.3 Å². The van der Waals surface area contributed by atoms with Gasteiger partial charge in [-0.05, 0) is 15.9 Å². The largest absolute Gasteiger partial charge is 0.492 e. The predicted octanol–water partition coefficient (Wildman–Crippen LogP) is 1.25. The molecule has 2 heterocycles. The van der Waals surface area contributed by atoms with Crippen LogP contribution < -0.4 is 30.2 Å². The van der Waals surface area contributed by atoms with Crippen LogP contribution in [0, 0.1) is 5.92 Å². The summed E-state index contributed by atoms with van der Waals surface area (Å²) in [5, 5.41) is 3.85. The first kappa shape index (κ1) is 16.7. The van der Waals surface area contributed by atoms with Crippen molar-refractivity contribution in [2.45, 2.75) is 13.0 Å². The Balaban J connectivity index is 2.11. The van der Waals surface area contributed by atoms with Crippen molar-refractivity contribution in [3.63, 3.8) is 0 Å². The fourth-order valence-electron chi connectivity index (χ4n) is 2.76. The summed E-state index contributed by atoms with van der Waals surface area (Å²) in [5.74, 6) is 6.02. The molecule has 0 spiro atoms. The van der Waals surface area contributed by atoms with Gasteiger partial charge in [0.15, 0.2) is 23.3 Å². The highest BCUT2D eigenvalue weighted by Crippen LogP contribution is 2.57. The number of methoxy groups -OCH3 is 2. The summed E-state index contributed by atoms with van der Waals surface area (Å²) in [5.41, 5.74) is 2.85. The first-order chi connectivity index (χ1) is 11.5. The summed E-state index contributed by atoms with van der Waals surface area (Å²) >= 11 is 3.50. The minimum absolute atomic E-state index is 0.0648. The Morgan fingerprint density at radius 1 is 1.29 bits per heavy atom. The van der Waals surface area contributed by atoms with E-state index in [-0.39, 0.29) is 18.4 Å². The number of benzene rings is 1. The standard InChI is InChI=1S/C14H16BrN3O6/c1-5-8(14(19)17-16)18-24-9(5)6-7(15)11-13(23-4-22-11)12(21-3)10(6)20-2/h5,9H,4,16H2,1-3H3,(H,17,19)/t5-,9-/m0/s1. The first-order valence-corrected chi connectivity index (χ1v) is 7.82. The van der Waals surface area contributed by atoms with E-state index < -0.39 is 12.0 Å². The molecule has 0 saturated carbocycles. The Morgan fingerprint density at radius 2 is 1.96 bits per heavy atom. The van der Waals surface area contributed by atoms with Gasteiger partial charge in [-0.3, -0.25) is 10.2 Å². The second-order valence-corrected chi connectivity index (χ2v) is 5.92. The zero-order chi connectivity index (χ0) is 17.4.